The fraction of sp³-hybridized carbons (Fsp3) is 0.706. The molecule has 8 heteroatoms. The molecule has 1 aliphatic heterocycles. The van der Waals surface area contributed by atoms with Gasteiger partial charge in [0.05, 0.1) is 25.4 Å². The molecule has 2 N–H and O–H groups in total. The van der Waals surface area contributed by atoms with Gasteiger partial charge in [0.2, 0.25) is 5.91 Å². The van der Waals surface area contributed by atoms with Gasteiger partial charge in [0, 0.05) is 52.0 Å². The Morgan fingerprint density at radius 2 is 2.28 bits per heavy atom. The summed E-state index contributed by atoms with van der Waals surface area (Å²) in [4.78, 5) is 18.0. The van der Waals surface area contributed by atoms with Gasteiger partial charge in [-0.3, -0.25) is 9.48 Å². The highest BCUT2D eigenvalue weighted by Crippen LogP contribution is 2.11. The Bertz CT molecular complexity index is 590. The number of guanidine groups is 1. The second-order valence-electron chi connectivity index (χ2n) is 6.55. The molecule has 0 aromatic carbocycles. The Kier molecular flexibility index (Phi) is 7.24. The Morgan fingerprint density at radius 3 is 2.92 bits per heavy atom. The van der Waals surface area contributed by atoms with Crippen molar-refractivity contribution >= 4 is 11.9 Å². The van der Waals surface area contributed by atoms with E-state index in [4.69, 9.17) is 4.74 Å². The average Bonchev–Trinajstić information content (AvgIpc) is 3.22. The van der Waals surface area contributed by atoms with Crippen LogP contribution in [0.2, 0.25) is 0 Å². The maximum Gasteiger partial charge on any atom is 0.241 e. The average molecular weight is 350 g/mol. The standard InChI is InChI=1S/C17H30N6O2/c1-5-15-14(11-23(4)21-15)9-19-17(20-10-16(24)22(2)3)18-8-13-6-7-25-12-13/h11,13H,5-10,12H2,1-4H3,(H2,18,19,20). The van der Waals surface area contributed by atoms with Gasteiger partial charge in [-0.2, -0.15) is 5.10 Å². The number of aryl methyl sites for hydroxylation is 2. The molecular formula is C17H30N6O2. The number of aromatic nitrogens is 2. The van der Waals surface area contributed by atoms with E-state index in [9.17, 15) is 4.79 Å². The molecule has 0 radical (unpaired) electrons. The van der Waals surface area contributed by atoms with Gasteiger partial charge in [-0.15, -0.1) is 0 Å². The summed E-state index contributed by atoms with van der Waals surface area (Å²) in [5.74, 6) is 1.14. The molecule has 2 rings (SSSR count). The van der Waals surface area contributed by atoms with E-state index in [0.717, 1.165) is 43.9 Å². The zero-order valence-corrected chi connectivity index (χ0v) is 15.7. The van der Waals surface area contributed by atoms with Crippen molar-refractivity contribution in [3.05, 3.63) is 17.5 Å². The lowest BCUT2D eigenvalue weighted by Crippen LogP contribution is -2.44. The Hall–Kier alpha value is -2.09. The summed E-state index contributed by atoms with van der Waals surface area (Å²) < 4.78 is 7.22. The third kappa shape index (κ3) is 6.04. The summed E-state index contributed by atoms with van der Waals surface area (Å²) in [5, 5.41) is 10.9. The number of carbonyl (C=O) groups excluding carboxylic acids is 1. The molecular weight excluding hydrogens is 320 g/mol. The number of rotatable bonds is 7. The van der Waals surface area contributed by atoms with Crippen molar-refractivity contribution in [2.75, 3.05) is 40.4 Å². The van der Waals surface area contributed by atoms with Crippen LogP contribution in [-0.2, 0) is 29.5 Å². The molecule has 0 saturated carbocycles. The van der Waals surface area contributed by atoms with E-state index in [0.29, 0.717) is 18.4 Å². The zero-order valence-electron chi connectivity index (χ0n) is 15.7. The second kappa shape index (κ2) is 9.41. The minimum absolute atomic E-state index is 0.00863. The largest absolute Gasteiger partial charge is 0.381 e. The summed E-state index contributed by atoms with van der Waals surface area (Å²) in [6.07, 6.45) is 3.93. The smallest absolute Gasteiger partial charge is 0.241 e. The molecule has 8 nitrogen and oxygen atoms in total. The maximum atomic E-state index is 11.8. The molecule has 0 aliphatic carbocycles. The molecule has 1 aliphatic rings. The topological polar surface area (TPSA) is 83.8 Å². The van der Waals surface area contributed by atoms with Gasteiger partial charge in [0.15, 0.2) is 5.96 Å². The number of nitrogens with one attached hydrogen (secondary N) is 2. The normalized spacial score (nSPS) is 17.6. The molecule has 140 valence electrons. The highest BCUT2D eigenvalue weighted by atomic mass is 16.5. The van der Waals surface area contributed by atoms with Gasteiger partial charge in [0.25, 0.3) is 0 Å². The quantitative estimate of drug-likeness (QED) is 0.540. The van der Waals surface area contributed by atoms with Crippen LogP contribution in [0.4, 0.5) is 0 Å². The Morgan fingerprint density at radius 1 is 1.48 bits per heavy atom. The van der Waals surface area contributed by atoms with Gasteiger partial charge in [-0.05, 0) is 12.8 Å². The third-order valence-electron chi connectivity index (χ3n) is 4.22. The fourth-order valence-electron chi connectivity index (χ4n) is 2.65. The number of aliphatic imine (C=N–C) groups is 1. The van der Waals surface area contributed by atoms with Crippen molar-refractivity contribution in [3.63, 3.8) is 0 Å². The minimum atomic E-state index is 0.00863. The van der Waals surface area contributed by atoms with Crippen molar-refractivity contribution in [1.82, 2.24) is 25.3 Å². The predicted octanol–water partition coefficient (Wildman–Crippen LogP) is 0.142. The molecule has 0 spiro atoms. The van der Waals surface area contributed by atoms with E-state index < -0.39 is 0 Å². The lowest BCUT2D eigenvalue weighted by molar-refractivity contribution is -0.127. The highest BCUT2D eigenvalue weighted by Gasteiger charge is 2.16. The molecule has 2 heterocycles. The van der Waals surface area contributed by atoms with Crippen LogP contribution in [0.1, 0.15) is 24.6 Å². The summed E-state index contributed by atoms with van der Waals surface area (Å²) in [7, 11) is 5.40. The molecule has 25 heavy (non-hydrogen) atoms. The van der Waals surface area contributed by atoms with E-state index in [1.165, 1.54) is 0 Å². The van der Waals surface area contributed by atoms with Gasteiger partial charge in [0.1, 0.15) is 0 Å². The first-order chi connectivity index (χ1) is 12.0. The highest BCUT2D eigenvalue weighted by molar-refractivity contribution is 5.86. The van der Waals surface area contributed by atoms with Crippen LogP contribution in [0.3, 0.4) is 0 Å². The molecule has 1 aromatic rings. The molecule has 1 aromatic heterocycles. The van der Waals surface area contributed by atoms with Gasteiger partial charge in [-0.1, -0.05) is 6.92 Å². The lowest BCUT2D eigenvalue weighted by atomic mass is 10.1. The summed E-state index contributed by atoms with van der Waals surface area (Å²) >= 11 is 0. The summed E-state index contributed by atoms with van der Waals surface area (Å²) in [6, 6.07) is 0. The maximum absolute atomic E-state index is 11.8. The number of carbonyl (C=O) groups is 1. The molecule has 1 atom stereocenters. The van der Waals surface area contributed by atoms with Crippen LogP contribution in [0, 0.1) is 5.92 Å². The van der Waals surface area contributed by atoms with Crippen LogP contribution in [0.5, 0.6) is 0 Å². The summed E-state index contributed by atoms with van der Waals surface area (Å²) in [5.41, 5.74) is 2.16. The Balaban J connectivity index is 1.98. The second-order valence-corrected chi connectivity index (χ2v) is 6.55. The van der Waals surface area contributed by atoms with E-state index in [1.807, 2.05) is 17.9 Å². The first kappa shape index (κ1) is 19.2. The van der Waals surface area contributed by atoms with Crippen LogP contribution in [0.15, 0.2) is 11.2 Å². The number of likely N-dealkylation sites (N-methyl/N-ethyl adjacent to an activating group) is 1. The number of amides is 1. The lowest BCUT2D eigenvalue weighted by Gasteiger charge is -2.16. The van der Waals surface area contributed by atoms with Crippen LogP contribution < -0.4 is 10.6 Å². The number of hydrogen-bond donors (Lipinski definition) is 2. The van der Waals surface area contributed by atoms with Crippen molar-refractivity contribution in [2.45, 2.75) is 26.3 Å². The van der Waals surface area contributed by atoms with Gasteiger partial charge >= 0.3 is 0 Å². The van der Waals surface area contributed by atoms with Gasteiger partial charge in [-0.25, -0.2) is 4.99 Å². The molecule has 1 fully saturated rings. The SMILES string of the molecule is CCc1nn(C)cc1CN=C(NCC(=O)N(C)C)NCC1CCOC1. The molecule has 1 amide bonds. The first-order valence-electron chi connectivity index (χ1n) is 8.81. The number of ether oxygens (including phenoxy) is 1. The number of hydrogen-bond acceptors (Lipinski definition) is 4. The molecule has 1 unspecified atom stereocenters. The van der Waals surface area contributed by atoms with Crippen molar-refractivity contribution in [2.24, 2.45) is 18.0 Å². The number of nitrogens with zero attached hydrogens (tertiary/aromatic N) is 4. The van der Waals surface area contributed by atoms with E-state index in [1.54, 1.807) is 19.0 Å². The van der Waals surface area contributed by atoms with E-state index in [-0.39, 0.29) is 12.5 Å². The summed E-state index contributed by atoms with van der Waals surface area (Å²) in [6.45, 7) is 5.22. The van der Waals surface area contributed by atoms with Crippen molar-refractivity contribution in [1.29, 1.82) is 0 Å². The Labute approximate surface area is 149 Å². The monoisotopic (exact) mass is 350 g/mol. The van der Waals surface area contributed by atoms with Crippen LogP contribution >= 0.6 is 0 Å². The third-order valence-corrected chi connectivity index (χ3v) is 4.22. The van der Waals surface area contributed by atoms with E-state index >= 15 is 0 Å². The predicted molar refractivity (Wildman–Crippen MR) is 97.4 cm³/mol. The molecule has 1 saturated heterocycles. The first-order valence-corrected chi connectivity index (χ1v) is 8.81. The zero-order chi connectivity index (χ0) is 18.2. The van der Waals surface area contributed by atoms with E-state index in [2.05, 4.69) is 27.6 Å². The molecule has 0 bridgehead atoms. The fourth-order valence-corrected chi connectivity index (χ4v) is 2.65. The van der Waals surface area contributed by atoms with Crippen LogP contribution in [0.25, 0.3) is 0 Å². The van der Waals surface area contributed by atoms with Gasteiger partial charge < -0.3 is 20.3 Å². The minimum Gasteiger partial charge on any atom is -0.381 e. The van der Waals surface area contributed by atoms with Crippen molar-refractivity contribution in [3.8, 4) is 0 Å². The van der Waals surface area contributed by atoms with Crippen LogP contribution in [-0.4, -0.2) is 66.9 Å². The van der Waals surface area contributed by atoms with Crippen molar-refractivity contribution < 1.29 is 9.53 Å².